The van der Waals surface area contributed by atoms with Gasteiger partial charge in [0.1, 0.15) is 12.3 Å². The molecule has 0 aliphatic heterocycles. The zero-order valence-corrected chi connectivity index (χ0v) is 10.6. The monoisotopic (exact) mass is 267 g/mol. The number of phenols is 1. The van der Waals surface area contributed by atoms with Gasteiger partial charge < -0.3 is 15.5 Å². The number of carboxylic acids is 1. The molecule has 0 heterocycles. The molecular weight excluding hydrogens is 254 g/mol. The molecule has 0 aliphatic carbocycles. The fraction of sp³-hybridized carbons (Fsp3) is 0.167. The number of thiol groups is 1. The number of amides is 1. The number of hydrogen-bond donors (Lipinski definition) is 4. The summed E-state index contributed by atoms with van der Waals surface area (Å²) in [5.74, 6) is -1.61. The summed E-state index contributed by atoms with van der Waals surface area (Å²) in [5, 5.41) is 20.0. The van der Waals surface area contributed by atoms with Crippen LogP contribution in [0.4, 0.5) is 0 Å². The lowest BCUT2D eigenvalue weighted by atomic mass is 10.1. The first kappa shape index (κ1) is 14.1. The van der Waals surface area contributed by atoms with E-state index in [0.29, 0.717) is 11.1 Å². The third kappa shape index (κ3) is 3.81. The SMILES string of the molecule is CC(=C(S)C(=O)NCC(=O)O)c1cccc(O)c1. The van der Waals surface area contributed by atoms with Gasteiger partial charge in [0.05, 0.1) is 4.91 Å². The third-order valence-corrected chi connectivity index (χ3v) is 2.79. The van der Waals surface area contributed by atoms with Gasteiger partial charge in [-0.3, -0.25) is 9.59 Å². The van der Waals surface area contributed by atoms with E-state index in [-0.39, 0.29) is 10.7 Å². The maximum absolute atomic E-state index is 11.6. The molecule has 1 amide bonds. The van der Waals surface area contributed by atoms with Crippen LogP contribution in [0.5, 0.6) is 5.75 Å². The second-order valence-electron chi connectivity index (χ2n) is 3.60. The fourth-order valence-electron chi connectivity index (χ4n) is 1.29. The van der Waals surface area contributed by atoms with E-state index in [2.05, 4.69) is 17.9 Å². The number of hydrogen-bond acceptors (Lipinski definition) is 4. The summed E-state index contributed by atoms with van der Waals surface area (Å²) in [6.45, 7) is 1.20. The highest BCUT2D eigenvalue weighted by Crippen LogP contribution is 2.23. The number of nitrogens with one attached hydrogen (secondary N) is 1. The molecule has 1 aromatic carbocycles. The summed E-state index contributed by atoms with van der Waals surface area (Å²) in [5.41, 5.74) is 1.20. The Bertz CT molecular complexity index is 511. The van der Waals surface area contributed by atoms with E-state index in [1.165, 1.54) is 12.1 Å². The molecule has 6 heteroatoms. The van der Waals surface area contributed by atoms with Crippen LogP contribution in [0.15, 0.2) is 29.2 Å². The van der Waals surface area contributed by atoms with Crippen molar-refractivity contribution < 1.29 is 19.8 Å². The largest absolute Gasteiger partial charge is 0.508 e. The summed E-state index contributed by atoms with van der Waals surface area (Å²) in [7, 11) is 0. The van der Waals surface area contributed by atoms with Crippen LogP contribution in [0.1, 0.15) is 12.5 Å². The molecule has 1 rings (SSSR count). The molecule has 18 heavy (non-hydrogen) atoms. The fourth-order valence-corrected chi connectivity index (χ4v) is 1.49. The number of aromatic hydroxyl groups is 1. The zero-order valence-electron chi connectivity index (χ0n) is 9.67. The van der Waals surface area contributed by atoms with Crippen LogP contribution in [-0.2, 0) is 9.59 Å². The van der Waals surface area contributed by atoms with E-state index in [0.717, 1.165) is 0 Å². The number of rotatable bonds is 4. The Balaban J connectivity index is 2.91. The highest BCUT2D eigenvalue weighted by atomic mass is 32.1. The Kier molecular flexibility index (Phi) is 4.79. The van der Waals surface area contributed by atoms with Gasteiger partial charge in [-0.05, 0) is 30.2 Å². The van der Waals surface area contributed by atoms with Crippen LogP contribution in [0.3, 0.4) is 0 Å². The summed E-state index contributed by atoms with van der Waals surface area (Å²) in [6, 6.07) is 6.37. The van der Waals surface area contributed by atoms with Gasteiger partial charge in [-0.2, -0.15) is 0 Å². The predicted molar refractivity (Wildman–Crippen MR) is 70.3 cm³/mol. The smallest absolute Gasteiger partial charge is 0.322 e. The summed E-state index contributed by atoms with van der Waals surface area (Å²) in [6.07, 6.45) is 0. The minimum Gasteiger partial charge on any atom is -0.508 e. The first-order chi connectivity index (χ1) is 8.41. The van der Waals surface area contributed by atoms with Crippen molar-refractivity contribution in [2.45, 2.75) is 6.92 Å². The Morgan fingerprint density at radius 1 is 1.39 bits per heavy atom. The van der Waals surface area contributed by atoms with Gasteiger partial charge in [-0.25, -0.2) is 0 Å². The maximum Gasteiger partial charge on any atom is 0.322 e. The highest BCUT2D eigenvalue weighted by Gasteiger charge is 2.11. The van der Waals surface area contributed by atoms with Crippen LogP contribution in [0.25, 0.3) is 5.57 Å². The van der Waals surface area contributed by atoms with Gasteiger partial charge in [0, 0.05) is 0 Å². The highest BCUT2D eigenvalue weighted by molar-refractivity contribution is 7.85. The van der Waals surface area contributed by atoms with Crippen molar-refractivity contribution >= 4 is 30.1 Å². The van der Waals surface area contributed by atoms with Crippen molar-refractivity contribution in [2.75, 3.05) is 6.54 Å². The van der Waals surface area contributed by atoms with Gasteiger partial charge in [0.2, 0.25) is 0 Å². The van der Waals surface area contributed by atoms with E-state index in [1.54, 1.807) is 19.1 Å². The molecule has 0 radical (unpaired) electrons. The van der Waals surface area contributed by atoms with E-state index >= 15 is 0 Å². The lowest BCUT2D eigenvalue weighted by molar-refractivity contribution is -0.137. The Morgan fingerprint density at radius 2 is 2.06 bits per heavy atom. The quantitative estimate of drug-likeness (QED) is 0.488. The van der Waals surface area contributed by atoms with Crippen molar-refractivity contribution in [1.82, 2.24) is 5.32 Å². The Labute approximate surface area is 110 Å². The molecule has 5 nitrogen and oxygen atoms in total. The van der Waals surface area contributed by atoms with E-state index < -0.39 is 18.4 Å². The van der Waals surface area contributed by atoms with Crippen molar-refractivity contribution in [3.05, 3.63) is 34.7 Å². The zero-order chi connectivity index (χ0) is 13.7. The van der Waals surface area contributed by atoms with E-state index in [4.69, 9.17) is 5.11 Å². The number of benzene rings is 1. The van der Waals surface area contributed by atoms with Crippen molar-refractivity contribution in [2.24, 2.45) is 0 Å². The Hall–Kier alpha value is -1.95. The minimum absolute atomic E-state index is 0.0823. The maximum atomic E-state index is 11.6. The molecule has 0 fully saturated rings. The lowest BCUT2D eigenvalue weighted by Gasteiger charge is -2.07. The van der Waals surface area contributed by atoms with Crippen LogP contribution in [0, 0.1) is 0 Å². The molecule has 0 spiro atoms. The number of carboxylic acid groups (broad SMARTS) is 1. The normalized spacial score (nSPS) is 11.7. The van der Waals surface area contributed by atoms with Crippen LogP contribution >= 0.6 is 12.6 Å². The molecule has 0 saturated carbocycles. The first-order valence-corrected chi connectivity index (χ1v) is 5.55. The second kappa shape index (κ2) is 6.11. The molecule has 3 N–H and O–H groups in total. The average Bonchev–Trinajstić information content (AvgIpc) is 2.34. The molecule has 1 aromatic rings. The molecule has 0 unspecified atom stereocenters. The number of carbonyl (C=O) groups is 2. The summed E-state index contributed by atoms with van der Waals surface area (Å²) >= 11 is 4.06. The third-order valence-electron chi connectivity index (χ3n) is 2.25. The molecule has 96 valence electrons. The topological polar surface area (TPSA) is 86.6 Å². The van der Waals surface area contributed by atoms with Crippen molar-refractivity contribution in [1.29, 1.82) is 0 Å². The molecule has 0 aliphatic rings. The number of aliphatic carboxylic acids is 1. The van der Waals surface area contributed by atoms with Gasteiger partial charge in [0.15, 0.2) is 0 Å². The Morgan fingerprint density at radius 3 is 2.61 bits per heavy atom. The number of phenolic OH excluding ortho intramolecular Hbond substituents is 1. The van der Waals surface area contributed by atoms with Gasteiger partial charge >= 0.3 is 5.97 Å². The lowest BCUT2D eigenvalue weighted by Crippen LogP contribution is -2.29. The first-order valence-electron chi connectivity index (χ1n) is 5.11. The molecular formula is C12H13NO4S. The van der Waals surface area contributed by atoms with Crippen molar-refractivity contribution in [3.63, 3.8) is 0 Å². The van der Waals surface area contributed by atoms with Crippen LogP contribution < -0.4 is 5.32 Å². The van der Waals surface area contributed by atoms with Gasteiger partial charge in [-0.1, -0.05) is 12.1 Å². The number of carbonyl (C=O) groups excluding carboxylic acids is 1. The standard InChI is InChI=1S/C12H13NO4S/c1-7(8-3-2-4-9(14)5-8)11(18)12(17)13-6-10(15)16/h2-5,14,18H,6H2,1H3,(H,13,17)(H,15,16). The molecule has 0 aromatic heterocycles. The van der Waals surface area contributed by atoms with E-state index in [1.807, 2.05) is 0 Å². The number of allylic oxidation sites excluding steroid dienone is 1. The molecule has 0 bridgehead atoms. The molecule has 0 saturated heterocycles. The average molecular weight is 267 g/mol. The summed E-state index contributed by atoms with van der Waals surface area (Å²) in [4.78, 5) is 22.0. The van der Waals surface area contributed by atoms with Gasteiger partial charge in [-0.15, -0.1) is 12.6 Å². The van der Waals surface area contributed by atoms with Crippen LogP contribution in [-0.4, -0.2) is 28.6 Å². The van der Waals surface area contributed by atoms with E-state index in [9.17, 15) is 14.7 Å². The second-order valence-corrected chi connectivity index (χ2v) is 4.05. The minimum atomic E-state index is -1.13. The van der Waals surface area contributed by atoms with Crippen LogP contribution in [0.2, 0.25) is 0 Å². The van der Waals surface area contributed by atoms with Gasteiger partial charge in [0.25, 0.3) is 5.91 Å². The molecule has 0 atom stereocenters. The van der Waals surface area contributed by atoms with Crippen molar-refractivity contribution in [3.8, 4) is 5.75 Å². The predicted octanol–water partition coefficient (Wildman–Crippen LogP) is 1.25. The summed E-state index contributed by atoms with van der Waals surface area (Å²) < 4.78 is 0.